The van der Waals surface area contributed by atoms with Gasteiger partial charge in [0.05, 0.1) is 19.3 Å². The predicted molar refractivity (Wildman–Crippen MR) is 46.7 cm³/mol. The maximum atomic E-state index is 5.77. The van der Waals surface area contributed by atoms with Crippen LogP contribution in [0.2, 0.25) is 0 Å². The molecule has 0 bridgehead atoms. The van der Waals surface area contributed by atoms with Crippen molar-refractivity contribution in [1.82, 2.24) is 0 Å². The van der Waals surface area contributed by atoms with Crippen molar-refractivity contribution in [1.29, 1.82) is 0 Å². The van der Waals surface area contributed by atoms with Gasteiger partial charge in [-0.05, 0) is 26.7 Å². The molecule has 4 nitrogen and oxygen atoms in total. The Balaban J connectivity index is 1.95. The van der Waals surface area contributed by atoms with Crippen molar-refractivity contribution in [3.05, 3.63) is 0 Å². The van der Waals surface area contributed by atoms with Crippen LogP contribution < -0.4 is 5.90 Å². The zero-order valence-electron chi connectivity index (χ0n) is 8.21. The largest absolute Gasteiger partial charge is 0.348 e. The summed E-state index contributed by atoms with van der Waals surface area (Å²) in [6, 6.07) is 0. The van der Waals surface area contributed by atoms with Crippen LogP contribution >= 0.6 is 0 Å². The lowest BCUT2D eigenvalue weighted by atomic mass is 10.0. The fraction of sp³-hybridized carbons (Fsp3) is 1.00. The molecule has 1 saturated heterocycles. The summed E-state index contributed by atoms with van der Waals surface area (Å²) in [4.78, 5) is 4.71. The van der Waals surface area contributed by atoms with Gasteiger partial charge in [-0.15, -0.1) is 0 Å². The molecule has 1 saturated carbocycles. The molecule has 13 heavy (non-hydrogen) atoms. The lowest BCUT2D eigenvalue weighted by Gasteiger charge is -2.22. The van der Waals surface area contributed by atoms with Crippen LogP contribution in [0.1, 0.15) is 26.7 Å². The zero-order valence-corrected chi connectivity index (χ0v) is 8.21. The van der Waals surface area contributed by atoms with Gasteiger partial charge in [0, 0.05) is 5.41 Å². The van der Waals surface area contributed by atoms with Crippen LogP contribution in [0.3, 0.4) is 0 Å². The summed E-state index contributed by atoms with van der Waals surface area (Å²) >= 11 is 0. The van der Waals surface area contributed by atoms with Crippen LogP contribution in [0.25, 0.3) is 0 Å². The molecule has 0 amide bonds. The molecule has 2 fully saturated rings. The Morgan fingerprint density at radius 2 is 2.15 bits per heavy atom. The maximum Gasteiger partial charge on any atom is 0.163 e. The monoisotopic (exact) mass is 187 g/mol. The SMILES string of the molecule is CC1(C)OCC(C2(CON)CC2)O1. The van der Waals surface area contributed by atoms with E-state index in [4.69, 9.17) is 20.2 Å². The Labute approximate surface area is 78.3 Å². The summed E-state index contributed by atoms with van der Waals surface area (Å²) < 4.78 is 11.3. The van der Waals surface area contributed by atoms with E-state index < -0.39 is 5.79 Å². The molecule has 76 valence electrons. The van der Waals surface area contributed by atoms with Gasteiger partial charge < -0.3 is 14.3 Å². The fourth-order valence-electron chi connectivity index (χ4n) is 1.87. The second-order valence-corrected chi connectivity index (χ2v) is 4.49. The van der Waals surface area contributed by atoms with E-state index in [0.717, 1.165) is 12.8 Å². The van der Waals surface area contributed by atoms with E-state index in [-0.39, 0.29) is 11.5 Å². The van der Waals surface area contributed by atoms with Crippen molar-refractivity contribution in [2.45, 2.75) is 38.6 Å². The second-order valence-electron chi connectivity index (χ2n) is 4.49. The van der Waals surface area contributed by atoms with Crippen molar-refractivity contribution >= 4 is 0 Å². The summed E-state index contributed by atoms with van der Waals surface area (Å²) in [6.07, 6.45) is 2.42. The zero-order chi connectivity index (χ0) is 9.53. The first-order chi connectivity index (χ1) is 6.08. The number of rotatable bonds is 3. The van der Waals surface area contributed by atoms with Crippen LogP contribution in [-0.4, -0.2) is 25.1 Å². The van der Waals surface area contributed by atoms with Gasteiger partial charge in [-0.25, -0.2) is 5.90 Å². The number of nitrogens with two attached hydrogens (primary N) is 1. The Bertz CT molecular complexity index is 201. The van der Waals surface area contributed by atoms with E-state index in [1.54, 1.807) is 0 Å². The lowest BCUT2D eigenvalue weighted by Crippen LogP contribution is -2.32. The van der Waals surface area contributed by atoms with Gasteiger partial charge in [0.2, 0.25) is 0 Å². The molecule has 0 aromatic carbocycles. The summed E-state index contributed by atoms with van der Waals surface area (Å²) in [6.45, 7) is 5.12. The molecule has 1 heterocycles. The number of hydrogen-bond donors (Lipinski definition) is 1. The first-order valence-corrected chi connectivity index (χ1v) is 4.71. The van der Waals surface area contributed by atoms with Gasteiger partial charge in [0.25, 0.3) is 0 Å². The molecule has 0 spiro atoms. The van der Waals surface area contributed by atoms with Crippen LogP contribution in [0.15, 0.2) is 0 Å². The first kappa shape index (κ1) is 9.40. The van der Waals surface area contributed by atoms with E-state index in [0.29, 0.717) is 13.2 Å². The topological polar surface area (TPSA) is 53.7 Å². The van der Waals surface area contributed by atoms with E-state index >= 15 is 0 Å². The van der Waals surface area contributed by atoms with Gasteiger partial charge in [-0.3, -0.25) is 0 Å². The third-order valence-electron chi connectivity index (χ3n) is 2.95. The molecular weight excluding hydrogens is 170 g/mol. The molecular formula is C9H17NO3. The summed E-state index contributed by atoms with van der Waals surface area (Å²) in [5.41, 5.74) is 0.141. The molecule has 2 aliphatic rings. The molecule has 0 aromatic rings. The number of ether oxygens (including phenoxy) is 2. The van der Waals surface area contributed by atoms with Crippen LogP contribution in [-0.2, 0) is 14.3 Å². The van der Waals surface area contributed by atoms with Crippen LogP contribution in [0.5, 0.6) is 0 Å². The molecule has 2 rings (SSSR count). The van der Waals surface area contributed by atoms with Crippen molar-refractivity contribution in [2.24, 2.45) is 11.3 Å². The third kappa shape index (κ3) is 1.72. The quantitative estimate of drug-likeness (QED) is 0.664. The second kappa shape index (κ2) is 2.92. The first-order valence-electron chi connectivity index (χ1n) is 4.71. The van der Waals surface area contributed by atoms with E-state index in [2.05, 4.69) is 0 Å². The van der Waals surface area contributed by atoms with E-state index in [1.807, 2.05) is 13.8 Å². The highest BCUT2D eigenvalue weighted by atomic mass is 16.7. The summed E-state index contributed by atoms with van der Waals surface area (Å²) in [7, 11) is 0. The fourth-order valence-corrected chi connectivity index (χ4v) is 1.87. The van der Waals surface area contributed by atoms with E-state index in [9.17, 15) is 0 Å². The highest BCUT2D eigenvalue weighted by Crippen LogP contribution is 2.52. The smallest absolute Gasteiger partial charge is 0.163 e. The highest BCUT2D eigenvalue weighted by Gasteiger charge is 2.54. The van der Waals surface area contributed by atoms with Gasteiger partial charge in [-0.1, -0.05) is 0 Å². The molecule has 1 aliphatic carbocycles. The minimum atomic E-state index is -0.436. The van der Waals surface area contributed by atoms with Crippen LogP contribution in [0, 0.1) is 5.41 Å². The molecule has 2 N–H and O–H groups in total. The molecule has 1 aliphatic heterocycles. The lowest BCUT2D eigenvalue weighted by molar-refractivity contribution is -0.150. The minimum absolute atomic E-state index is 0.141. The summed E-state index contributed by atoms with van der Waals surface area (Å²) in [5.74, 6) is 4.66. The van der Waals surface area contributed by atoms with Crippen molar-refractivity contribution in [3.63, 3.8) is 0 Å². The van der Waals surface area contributed by atoms with Gasteiger partial charge in [-0.2, -0.15) is 0 Å². The molecule has 1 unspecified atom stereocenters. The van der Waals surface area contributed by atoms with Crippen molar-refractivity contribution in [2.75, 3.05) is 13.2 Å². The Kier molecular flexibility index (Phi) is 2.11. The predicted octanol–water partition coefficient (Wildman–Crippen LogP) is 0.808. The summed E-state index contributed by atoms with van der Waals surface area (Å²) in [5, 5.41) is 0. The molecule has 0 aromatic heterocycles. The maximum absolute atomic E-state index is 5.77. The highest BCUT2D eigenvalue weighted by molar-refractivity contribution is 5.01. The Hall–Kier alpha value is -0.160. The van der Waals surface area contributed by atoms with Gasteiger partial charge in [0.15, 0.2) is 5.79 Å². The van der Waals surface area contributed by atoms with Crippen molar-refractivity contribution < 1.29 is 14.3 Å². The molecule has 0 radical (unpaired) electrons. The number of hydrogen-bond acceptors (Lipinski definition) is 4. The Morgan fingerprint density at radius 3 is 2.54 bits per heavy atom. The third-order valence-corrected chi connectivity index (χ3v) is 2.95. The minimum Gasteiger partial charge on any atom is -0.348 e. The average molecular weight is 187 g/mol. The average Bonchev–Trinajstić information content (AvgIpc) is 2.72. The standard InChI is InChI=1S/C9H17NO3/c1-8(2)11-5-7(13-8)9(3-4-9)6-12-10/h7H,3-6,10H2,1-2H3. The van der Waals surface area contributed by atoms with Gasteiger partial charge >= 0.3 is 0 Å². The van der Waals surface area contributed by atoms with Crippen molar-refractivity contribution in [3.8, 4) is 0 Å². The van der Waals surface area contributed by atoms with Gasteiger partial charge in [0.1, 0.15) is 0 Å². The Morgan fingerprint density at radius 1 is 1.46 bits per heavy atom. The van der Waals surface area contributed by atoms with E-state index in [1.165, 1.54) is 0 Å². The van der Waals surface area contributed by atoms with Crippen LogP contribution in [0.4, 0.5) is 0 Å². The molecule has 4 heteroatoms. The molecule has 1 atom stereocenters. The normalized spacial score (nSPS) is 34.8.